The lowest BCUT2D eigenvalue weighted by Crippen LogP contribution is -2.23. The molecule has 2 rings (SSSR count). The molecule has 0 aliphatic carbocycles. The van der Waals surface area contributed by atoms with Crippen LogP contribution in [0.3, 0.4) is 0 Å². The molecule has 1 aromatic carbocycles. The van der Waals surface area contributed by atoms with Crippen LogP contribution in [0.2, 0.25) is 0 Å². The van der Waals surface area contributed by atoms with Crippen molar-refractivity contribution in [2.24, 2.45) is 5.92 Å². The van der Waals surface area contributed by atoms with Crippen molar-refractivity contribution in [1.82, 2.24) is 5.54 Å². The molecule has 1 atom stereocenters. The first-order valence-corrected chi connectivity index (χ1v) is 4.99. The van der Waals surface area contributed by atoms with Crippen molar-refractivity contribution >= 4 is 5.91 Å². The summed E-state index contributed by atoms with van der Waals surface area (Å²) in [5, 5.41) is 0. The van der Waals surface area contributed by atoms with E-state index in [-0.39, 0.29) is 6.79 Å². The van der Waals surface area contributed by atoms with Gasteiger partial charge in [0, 0.05) is 5.92 Å². The fourth-order valence-corrected chi connectivity index (χ4v) is 1.61. The van der Waals surface area contributed by atoms with Gasteiger partial charge in [-0.05, 0) is 24.1 Å². The largest absolute Gasteiger partial charge is 0.454 e. The Kier molecular flexibility index (Phi) is 2.94. The summed E-state index contributed by atoms with van der Waals surface area (Å²) in [7, 11) is 0. The summed E-state index contributed by atoms with van der Waals surface area (Å²) >= 11 is 0. The molecule has 86 valence electrons. The van der Waals surface area contributed by atoms with E-state index in [1.54, 1.807) is 13.0 Å². The van der Waals surface area contributed by atoms with Gasteiger partial charge in [-0.25, -0.2) is 0 Å². The number of benzene rings is 1. The first-order chi connectivity index (χ1) is 7.70. The highest BCUT2D eigenvalue weighted by Crippen LogP contribution is 2.33. The van der Waals surface area contributed by atoms with E-state index in [0.717, 1.165) is 11.1 Å². The number of hydrogen-bond donors (Lipinski definition) is 1. The normalized spacial score (nSPS) is 14.6. The van der Waals surface area contributed by atoms with Gasteiger partial charge in [0.05, 0.1) is 0 Å². The maximum atomic E-state index is 11.9. The highest BCUT2D eigenvalue weighted by molar-refractivity contribution is 5.77. The molecule has 0 bridgehead atoms. The van der Waals surface area contributed by atoms with Crippen molar-refractivity contribution in [2.45, 2.75) is 13.3 Å². The summed E-state index contributed by atoms with van der Waals surface area (Å²) < 4.78 is 22.3. The summed E-state index contributed by atoms with van der Waals surface area (Å²) in [6.07, 6.45) is 0.465. The molecule has 0 radical (unpaired) electrons. The molecule has 1 N–H and O–H groups in total. The summed E-state index contributed by atoms with van der Waals surface area (Å²) in [6, 6.07) is 5.44. The standard InChI is InChI=1S/C11H12FNO3/c1-7(11(14)13-12)4-8-2-3-9-10(5-8)16-6-15-9/h2-3,5,7H,4,6H2,1H3,(H,13,14)/t7-/m0/s1. The van der Waals surface area contributed by atoms with Crippen molar-refractivity contribution in [3.8, 4) is 11.5 Å². The summed E-state index contributed by atoms with van der Waals surface area (Å²) in [4.78, 5) is 11.0. The second-order valence-electron chi connectivity index (χ2n) is 3.75. The molecule has 1 aliphatic rings. The average Bonchev–Trinajstić information content (AvgIpc) is 2.75. The molecule has 1 aliphatic heterocycles. The minimum atomic E-state index is -0.613. The zero-order chi connectivity index (χ0) is 11.5. The predicted molar refractivity (Wildman–Crippen MR) is 54.7 cm³/mol. The smallest absolute Gasteiger partial charge is 0.250 e. The number of carbonyl (C=O) groups excluding carboxylic acids is 1. The number of hydrogen-bond acceptors (Lipinski definition) is 3. The summed E-state index contributed by atoms with van der Waals surface area (Å²) in [5.74, 6) is 0.347. The maximum absolute atomic E-state index is 11.9. The van der Waals surface area contributed by atoms with Crippen LogP contribution in [0.15, 0.2) is 18.2 Å². The number of halogens is 1. The van der Waals surface area contributed by atoms with Crippen molar-refractivity contribution in [2.75, 3.05) is 6.79 Å². The fraction of sp³-hybridized carbons (Fsp3) is 0.364. The van der Waals surface area contributed by atoms with Crippen LogP contribution in [0.1, 0.15) is 12.5 Å². The molecule has 0 aromatic heterocycles. The number of fused-ring (bicyclic) bond motifs is 1. The Morgan fingerprint density at radius 2 is 2.25 bits per heavy atom. The molecule has 0 spiro atoms. The third-order valence-corrected chi connectivity index (χ3v) is 2.52. The number of carbonyl (C=O) groups is 1. The quantitative estimate of drug-likeness (QED) is 0.795. The second-order valence-corrected chi connectivity index (χ2v) is 3.75. The van der Waals surface area contributed by atoms with Gasteiger partial charge in [-0.15, -0.1) is 4.48 Å². The Morgan fingerprint density at radius 3 is 3.00 bits per heavy atom. The molecule has 1 amide bonds. The van der Waals surface area contributed by atoms with Gasteiger partial charge in [-0.3, -0.25) is 4.79 Å². The number of ether oxygens (including phenoxy) is 2. The molecular weight excluding hydrogens is 213 g/mol. The topological polar surface area (TPSA) is 47.6 Å². The fourth-order valence-electron chi connectivity index (χ4n) is 1.61. The van der Waals surface area contributed by atoms with Crippen LogP contribution < -0.4 is 15.0 Å². The molecule has 1 heterocycles. The molecule has 0 saturated heterocycles. The van der Waals surface area contributed by atoms with Crippen LogP contribution in [0.4, 0.5) is 4.48 Å². The Balaban J connectivity index is 2.08. The van der Waals surface area contributed by atoms with Crippen molar-refractivity contribution < 1.29 is 18.7 Å². The third kappa shape index (κ3) is 2.08. The molecule has 4 nitrogen and oxygen atoms in total. The van der Waals surface area contributed by atoms with E-state index < -0.39 is 11.8 Å². The third-order valence-electron chi connectivity index (χ3n) is 2.52. The number of rotatable bonds is 3. The van der Waals surface area contributed by atoms with E-state index in [0.29, 0.717) is 17.9 Å². The van der Waals surface area contributed by atoms with Crippen molar-refractivity contribution in [3.05, 3.63) is 23.8 Å². The van der Waals surface area contributed by atoms with Crippen molar-refractivity contribution in [1.29, 1.82) is 0 Å². The van der Waals surface area contributed by atoms with Gasteiger partial charge in [-0.2, -0.15) is 5.54 Å². The van der Waals surface area contributed by atoms with E-state index in [9.17, 15) is 9.28 Å². The van der Waals surface area contributed by atoms with Gasteiger partial charge >= 0.3 is 0 Å². The Morgan fingerprint density at radius 1 is 1.50 bits per heavy atom. The lowest BCUT2D eigenvalue weighted by molar-refractivity contribution is -0.128. The minimum absolute atomic E-state index is 0.222. The van der Waals surface area contributed by atoms with E-state index >= 15 is 0 Å². The zero-order valence-electron chi connectivity index (χ0n) is 8.83. The Labute approximate surface area is 92.3 Å². The number of nitrogens with one attached hydrogen (secondary N) is 1. The van der Waals surface area contributed by atoms with Crippen LogP contribution >= 0.6 is 0 Å². The maximum Gasteiger partial charge on any atom is 0.250 e. The Hall–Kier alpha value is -1.78. The minimum Gasteiger partial charge on any atom is -0.454 e. The Bertz CT molecular complexity index is 408. The second kappa shape index (κ2) is 4.38. The highest BCUT2D eigenvalue weighted by Gasteiger charge is 2.17. The summed E-state index contributed by atoms with van der Waals surface area (Å²) in [6.45, 7) is 1.89. The first kappa shape index (κ1) is 10.7. The highest BCUT2D eigenvalue weighted by atomic mass is 19.2. The lowest BCUT2D eigenvalue weighted by atomic mass is 10.0. The predicted octanol–water partition coefficient (Wildman–Crippen LogP) is 1.59. The monoisotopic (exact) mass is 225 g/mol. The van der Waals surface area contributed by atoms with Gasteiger partial charge in [0.15, 0.2) is 11.5 Å². The van der Waals surface area contributed by atoms with Crippen LogP contribution in [0.25, 0.3) is 0 Å². The SMILES string of the molecule is C[C@@H](Cc1ccc2c(c1)OCO2)C(=O)NF. The van der Waals surface area contributed by atoms with Gasteiger partial charge in [0.2, 0.25) is 6.79 Å². The lowest BCUT2D eigenvalue weighted by Gasteiger charge is -2.08. The number of amides is 1. The molecule has 0 unspecified atom stereocenters. The van der Waals surface area contributed by atoms with Gasteiger partial charge < -0.3 is 9.47 Å². The first-order valence-electron chi connectivity index (χ1n) is 4.99. The van der Waals surface area contributed by atoms with Crippen LogP contribution in [-0.4, -0.2) is 12.7 Å². The zero-order valence-corrected chi connectivity index (χ0v) is 8.83. The molecule has 5 heteroatoms. The molecule has 0 fully saturated rings. The summed E-state index contributed by atoms with van der Waals surface area (Å²) in [5.41, 5.74) is 2.06. The van der Waals surface area contributed by atoms with Crippen molar-refractivity contribution in [3.63, 3.8) is 0 Å². The van der Waals surface area contributed by atoms with E-state index in [1.165, 1.54) is 0 Å². The van der Waals surface area contributed by atoms with Gasteiger partial charge in [0.1, 0.15) is 0 Å². The van der Waals surface area contributed by atoms with E-state index in [4.69, 9.17) is 9.47 Å². The molecule has 16 heavy (non-hydrogen) atoms. The molecule has 1 aromatic rings. The average molecular weight is 225 g/mol. The van der Waals surface area contributed by atoms with Crippen LogP contribution in [0.5, 0.6) is 11.5 Å². The molecular formula is C11H12FNO3. The van der Waals surface area contributed by atoms with Gasteiger partial charge in [-0.1, -0.05) is 13.0 Å². The molecule has 0 saturated carbocycles. The van der Waals surface area contributed by atoms with Crippen LogP contribution in [-0.2, 0) is 11.2 Å². The van der Waals surface area contributed by atoms with Crippen LogP contribution in [0, 0.1) is 5.92 Å². The van der Waals surface area contributed by atoms with Gasteiger partial charge in [0.25, 0.3) is 5.91 Å². The van der Waals surface area contributed by atoms with E-state index in [1.807, 2.05) is 12.1 Å². The van der Waals surface area contributed by atoms with E-state index in [2.05, 4.69) is 0 Å².